The molecule has 3 N–H and O–H groups in total. The summed E-state index contributed by atoms with van der Waals surface area (Å²) < 4.78 is 0. The molecule has 9 nitrogen and oxygen atoms in total. The molecule has 9 heteroatoms. The van der Waals surface area contributed by atoms with Gasteiger partial charge in [0, 0.05) is 35.8 Å². The van der Waals surface area contributed by atoms with Gasteiger partial charge in [-0.2, -0.15) is 5.10 Å². The molecule has 2 aliphatic rings. The number of benzene rings is 2. The molecule has 4 aromatic rings. The van der Waals surface area contributed by atoms with Crippen LogP contribution in [0, 0.1) is 5.92 Å². The first-order valence-corrected chi connectivity index (χ1v) is 12.1. The Hall–Kier alpha value is -4.24. The van der Waals surface area contributed by atoms with Gasteiger partial charge in [0.2, 0.25) is 0 Å². The van der Waals surface area contributed by atoms with Gasteiger partial charge in [-0.15, -0.1) is 0 Å². The Labute approximate surface area is 208 Å². The minimum absolute atomic E-state index is 0.101. The quantitative estimate of drug-likeness (QED) is 0.377. The molecule has 2 aliphatic heterocycles. The summed E-state index contributed by atoms with van der Waals surface area (Å²) in [6.45, 7) is 2.31. The Bertz CT molecular complexity index is 1390. The lowest BCUT2D eigenvalue weighted by Gasteiger charge is -2.27. The van der Waals surface area contributed by atoms with Crippen molar-refractivity contribution in [2.75, 3.05) is 25.5 Å². The summed E-state index contributed by atoms with van der Waals surface area (Å²) in [6, 6.07) is 15.9. The second-order valence-corrected chi connectivity index (χ2v) is 9.53. The first-order valence-electron chi connectivity index (χ1n) is 12.1. The molecule has 1 fully saturated rings. The van der Waals surface area contributed by atoms with Crippen molar-refractivity contribution < 1.29 is 9.90 Å². The van der Waals surface area contributed by atoms with Crippen LogP contribution in [0.15, 0.2) is 67.1 Å². The largest absolute Gasteiger partial charge is 0.465 e. The summed E-state index contributed by atoms with van der Waals surface area (Å²) in [5.41, 5.74) is 6.05. The van der Waals surface area contributed by atoms with Gasteiger partial charge in [0.25, 0.3) is 0 Å². The molecule has 0 saturated carbocycles. The van der Waals surface area contributed by atoms with Gasteiger partial charge in [-0.05, 0) is 66.9 Å². The van der Waals surface area contributed by atoms with Crippen molar-refractivity contribution in [2.45, 2.75) is 19.0 Å². The third kappa shape index (κ3) is 4.18. The van der Waals surface area contributed by atoms with E-state index in [-0.39, 0.29) is 6.04 Å². The van der Waals surface area contributed by atoms with E-state index in [0.29, 0.717) is 24.1 Å². The maximum atomic E-state index is 12.1. The molecule has 36 heavy (non-hydrogen) atoms. The number of carbonyl (C=O) groups is 1. The zero-order valence-corrected chi connectivity index (χ0v) is 19.9. The molecule has 1 amide bonds. The summed E-state index contributed by atoms with van der Waals surface area (Å²) in [7, 11) is 2.09. The fraction of sp³-hybridized carbons (Fsp3) is 0.259. The number of anilines is 2. The Kier molecular flexibility index (Phi) is 5.61. The van der Waals surface area contributed by atoms with Crippen molar-refractivity contribution in [1.82, 2.24) is 30.0 Å². The van der Waals surface area contributed by atoms with Crippen molar-refractivity contribution in [2.24, 2.45) is 5.92 Å². The van der Waals surface area contributed by atoms with Crippen molar-refractivity contribution >= 4 is 17.6 Å². The summed E-state index contributed by atoms with van der Waals surface area (Å²) in [5, 5.41) is 20.1. The molecular formula is C27H27N7O2. The van der Waals surface area contributed by atoms with Crippen LogP contribution in [-0.2, 0) is 6.54 Å². The minimum atomic E-state index is -0.867. The topological polar surface area (TPSA) is 110 Å². The van der Waals surface area contributed by atoms with Gasteiger partial charge >= 0.3 is 6.09 Å². The van der Waals surface area contributed by atoms with E-state index >= 15 is 0 Å². The number of H-pyrrole nitrogens is 1. The third-order valence-electron chi connectivity index (χ3n) is 7.16. The van der Waals surface area contributed by atoms with Gasteiger partial charge in [0.05, 0.1) is 18.8 Å². The molecule has 0 radical (unpaired) electrons. The molecule has 6 rings (SSSR count). The van der Waals surface area contributed by atoms with E-state index in [1.165, 1.54) is 0 Å². The van der Waals surface area contributed by atoms with Gasteiger partial charge in [-0.25, -0.2) is 14.8 Å². The van der Waals surface area contributed by atoms with Gasteiger partial charge < -0.3 is 15.3 Å². The Balaban J connectivity index is 1.23. The molecule has 2 aromatic carbocycles. The molecular weight excluding hydrogens is 454 g/mol. The molecule has 4 heterocycles. The molecule has 182 valence electrons. The van der Waals surface area contributed by atoms with E-state index in [4.69, 9.17) is 4.98 Å². The molecule has 2 unspecified atom stereocenters. The number of fused-ring (bicyclic) bond motifs is 1. The maximum Gasteiger partial charge on any atom is 0.408 e. The highest BCUT2D eigenvalue weighted by Crippen LogP contribution is 2.43. The van der Waals surface area contributed by atoms with E-state index < -0.39 is 6.09 Å². The normalized spacial score (nSPS) is 19.4. The molecule has 2 atom stereocenters. The average Bonchev–Trinajstić information content (AvgIpc) is 3.64. The van der Waals surface area contributed by atoms with Gasteiger partial charge in [-0.3, -0.25) is 10.00 Å². The highest BCUT2D eigenvalue weighted by atomic mass is 16.4. The smallest absolute Gasteiger partial charge is 0.408 e. The lowest BCUT2D eigenvalue weighted by Crippen LogP contribution is -2.33. The molecule has 1 saturated heterocycles. The average molecular weight is 482 g/mol. The predicted molar refractivity (Wildman–Crippen MR) is 137 cm³/mol. The number of likely N-dealkylation sites (tertiary alicyclic amines) is 1. The Morgan fingerprint density at radius 3 is 2.67 bits per heavy atom. The van der Waals surface area contributed by atoms with Crippen molar-refractivity contribution in [3.8, 4) is 22.5 Å². The Morgan fingerprint density at radius 2 is 1.94 bits per heavy atom. The molecule has 0 spiro atoms. The second kappa shape index (κ2) is 9.09. The summed E-state index contributed by atoms with van der Waals surface area (Å²) >= 11 is 0. The van der Waals surface area contributed by atoms with E-state index in [1.807, 2.05) is 48.7 Å². The van der Waals surface area contributed by atoms with Crippen LogP contribution >= 0.6 is 0 Å². The zero-order chi connectivity index (χ0) is 24.6. The lowest BCUT2D eigenvalue weighted by atomic mass is 9.91. The van der Waals surface area contributed by atoms with Crippen LogP contribution in [0.1, 0.15) is 23.6 Å². The van der Waals surface area contributed by atoms with Crippen LogP contribution in [0.2, 0.25) is 0 Å². The number of aromatic amines is 1. The van der Waals surface area contributed by atoms with Crippen LogP contribution in [0.5, 0.6) is 0 Å². The van der Waals surface area contributed by atoms with E-state index in [2.05, 4.69) is 38.5 Å². The van der Waals surface area contributed by atoms with Crippen LogP contribution in [-0.4, -0.2) is 61.3 Å². The maximum absolute atomic E-state index is 12.1. The van der Waals surface area contributed by atoms with Crippen molar-refractivity contribution in [3.05, 3.63) is 78.2 Å². The first kappa shape index (κ1) is 22.2. The zero-order valence-electron chi connectivity index (χ0n) is 19.9. The summed E-state index contributed by atoms with van der Waals surface area (Å²) in [6.07, 6.45) is 5.53. The van der Waals surface area contributed by atoms with Gasteiger partial charge in [0.1, 0.15) is 5.82 Å². The molecule has 2 aromatic heterocycles. The Morgan fingerprint density at radius 1 is 1.11 bits per heavy atom. The number of aromatic nitrogens is 4. The highest BCUT2D eigenvalue weighted by Gasteiger charge is 2.41. The van der Waals surface area contributed by atoms with Crippen molar-refractivity contribution in [3.63, 3.8) is 0 Å². The number of carboxylic acid groups (broad SMARTS) is 1. The fourth-order valence-corrected chi connectivity index (χ4v) is 5.41. The van der Waals surface area contributed by atoms with Crippen molar-refractivity contribution in [1.29, 1.82) is 0 Å². The van der Waals surface area contributed by atoms with E-state index in [0.717, 1.165) is 53.0 Å². The van der Waals surface area contributed by atoms with E-state index in [1.54, 1.807) is 17.3 Å². The molecule has 0 aliphatic carbocycles. The van der Waals surface area contributed by atoms with Crippen LogP contribution in [0.25, 0.3) is 22.5 Å². The number of nitrogens with zero attached hydrogens (tertiary/aromatic N) is 5. The standard InChI is InChI=1S/C27H27N7O2/c1-33-11-9-19(15-33)25-23-7-4-18(12-20(23)16-34(25)27(35)36)26-28-10-8-24(32-26)31-22-5-2-17(3-6-22)21-13-29-30-14-21/h2-8,10,12-14,19,25H,9,11,15-16H2,1H3,(H,29,30)(H,35,36)(H,28,31,32). The van der Waals surface area contributed by atoms with Crippen LogP contribution < -0.4 is 5.32 Å². The fourth-order valence-electron chi connectivity index (χ4n) is 5.41. The number of rotatable bonds is 5. The van der Waals surface area contributed by atoms with Crippen LogP contribution in [0.3, 0.4) is 0 Å². The first-order chi connectivity index (χ1) is 17.5. The number of amides is 1. The lowest BCUT2D eigenvalue weighted by molar-refractivity contribution is 0.111. The summed E-state index contributed by atoms with van der Waals surface area (Å²) in [4.78, 5) is 25.1. The van der Waals surface area contributed by atoms with E-state index in [9.17, 15) is 9.90 Å². The van der Waals surface area contributed by atoms with Gasteiger partial charge in [0.15, 0.2) is 5.82 Å². The second-order valence-electron chi connectivity index (χ2n) is 9.53. The number of nitrogens with one attached hydrogen (secondary N) is 2. The summed E-state index contributed by atoms with van der Waals surface area (Å²) in [5.74, 6) is 1.60. The number of hydrogen-bond donors (Lipinski definition) is 3. The van der Waals surface area contributed by atoms with Gasteiger partial charge in [-0.1, -0.05) is 24.3 Å². The third-order valence-corrected chi connectivity index (χ3v) is 7.16. The minimum Gasteiger partial charge on any atom is -0.465 e. The number of hydrogen-bond acceptors (Lipinski definition) is 6. The predicted octanol–water partition coefficient (Wildman–Crippen LogP) is 4.76. The highest BCUT2D eigenvalue weighted by molar-refractivity contribution is 5.70. The SMILES string of the molecule is CN1CCC(C2c3ccc(-c4nccc(Nc5ccc(-c6cn[nH]c6)cc5)n4)cc3CN2C(=O)O)C1. The monoisotopic (exact) mass is 481 g/mol. The molecule has 0 bridgehead atoms. The van der Waals surface area contributed by atoms with Crippen LogP contribution in [0.4, 0.5) is 16.3 Å².